The molecular weight excluding hydrogens is 380 g/mol. The maximum atomic E-state index is 12.4. The maximum absolute atomic E-state index is 12.4. The van der Waals surface area contributed by atoms with Gasteiger partial charge in [0.2, 0.25) is 11.9 Å². The van der Waals surface area contributed by atoms with Gasteiger partial charge in [0.25, 0.3) is 0 Å². The molecule has 0 saturated carbocycles. The van der Waals surface area contributed by atoms with Gasteiger partial charge in [0.1, 0.15) is 11.8 Å². The number of allylic oxidation sites excluding steroid dienone is 1. The monoisotopic (exact) mass is 404 g/mol. The molecule has 0 fully saturated rings. The first kappa shape index (κ1) is 19.5. The molecule has 1 aromatic heterocycles. The Morgan fingerprint density at radius 3 is 2.50 bits per heavy atom. The molecule has 30 heavy (non-hydrogen) atoms. The summed E-state index contributed by atoms with van der Waals surface area (Å²) in [4.78, 5) is 19.1. The Morgan fingerprint density at radius 1 is 1.17 bits per heavy atom. The highest BCUT2D eigenvalue weighted by Gasteiger charge is 2.35. The molecule has 0 spiro atoms. The number of carbonyl (C=O) groups excluding carboxylic acids is 1. The normalized spacial score (nSPS) is 15.4. The molecular formula is C22H24N6O2. The van der Waals surface area contributed by atoms with Gasteiger partial charge in [-0.1, -0.05) is 18.2 Å². The van der Waals surface area contributed by atoms with Gasteiger partial charge in [-0.2, -0.15) is 4.98 Å². The average Bonchev–Trinajstić information content (AvgIpc) is 3.16. The first-order valence-corrected chi connectivity index (χ1v) is 9.55. The SMILES string of the molecule is COc1ccccc1C1C(C(N)=O)=C(C)Nc2nc(-c3ccc(N(C)C)cc3)nn21. The smallest absolute Gasteiger partial charge is 0.248 e. The van der Waals surface area contributed by atoms with Gasteiger partial charge in [-0.15, -0.1) is 5.10 Å². The van der Waals surface area contributed by atoms with Gasteiger partial charge in [0.15, 0.2) is 5.82 Å². The predicted octanol–water partition coefficient (Wildman–Crippen LogP) is 2.79. The quantitative estimate of drug-likeness (QED) is 0.679. The second-order valence-corrected chi connectivity index (χ2v) is 7.32. The number of amides is 1. The van der Waals surface area contributed by atoms with E-state index >= 15 is 0 Å². The summed E-state index contributed by atoms with van der Waals surface area (Å²) in [5.41, 5.74) is 9.57. The molecule has 4 rings (SSSR count). The highest BCUT2D eigenvalue weighted by atomic mass is 16.5. The number of ether oxygens (including phenoxy) is 1. The van der Waals surface area contributed by atoms with Crippen molar-refractivity contribution in [1.82, 2.24) is 14.8 Å². The van der Waals surface area contributed by atoms with Crippen LogP contribution in [0.5, 0.6) is 5.75 Å². The van der Waals surface area contributed by atoms with Crippen LogP contribution in [0.1, 0.15) is 18.5 Å². The predicted molar refractivity (Wildman–Crippen MR) is 116 cm³/mol. The summed E-state index contributed by atoms with van der Waals surface area (Å²) in [6.45, 7) is 1.81. The van der Waals surface area contributed by atoms with Gasteiger partial charge in [-0.3, -0.25) is 4.79 Å². The van der Waals surface area contributed by atoms with E-state index in [1.54, 1.807) is 11.8 Å². The number of benzene rings is 2. The van der Waals surface area contributed by atoms with Crippen molar-refractivity contribution < 1.29 is 9.53 Å². The molecule has 8 nitrogen and oxygen atoms in total. The zero-order valence-electron chi connectivity index (χ0n) is 17.4. The lowest BCUT2D eigenvalue weighted by Gasteiger charge is -2.28. The van der Waals surface area contributed by atoms with Crippen LogP contribution in [0, 0.1) is 0 Å². The van der Waals surface area contributed by atoms with Crippen LogP contribution in [0.2, 0.25) is 0 Å². The minimum atomic E-state index is -0.544. The number of anilines is 2. The van der Waals surface area contributed by atoms with Crippen LogP contribution in [0.3, 0.4) is 0 Å². The van der Waals surface area contributed by atoms with E-state index < -0.39 is 11.9 Å². The largest absolute Gasteiger partial charge is 0.496 e. The average molecular weight is 404 g/mol. The fraction of sp³-hybridized carbons (Fsp3) is 0.227. The van der Waals surface area contributed by atoms with Crippen molar-refractivity contribution in [3.63, 3.8) is 0 Å². The van der Waals surface area contributed by atoms with Crippen molar-refractivity contribution in [2.45, 2.75) is 13.0 Å². The first-order valence-electron chi connectivity index (χ1n) is 9.55. The standard InChI is InChI=1S/C22H24N6O2/c1-13-18(20(23)29)19(16-7-5-6-8-17(16)30-4)28-22(24-13)25-21(26-28)14-9-11-15(12-10-14)27(2)3/h5-12,19H,1-4H3,(H2,23,29)(H,24,25,26). The third-order valence-corrected chi connectivity index (χ3v) is 5.19. The van der Waals surface area contributed by atoms with Gasteiger partial charge in [0, 0.05) is 36.6 Å². The third kappa shape index (κ3) is 3.26. The minimum absolute atomic E-state index is 0.423. The fourth-order valence-corrected chi connectivity index (χ4v) is 3.68. The number of para-hydroxylation sites is 1. The summed E-state index contributed by atoms with van der Waals surface area (Å²) in [6.07, 6.45) is 0. The Bertz CT molecular complexity index is 1130. The van der Waals surface area contributed by atoms with Crippen LogP contribution in [0.4, 0.5) is 11.6 Å². The Kier molecular flexibility index (Phi) is 4.91. The van der Waals surface area contributed by atoms with E-state index in [0.29, 0.717) is 28.8 Å². The van der Waals surface area contributed by atoms with E-state index in [4.69, 9.17) is 15.6 Å². The maximum Gasteiger partial charge on any atom is 0.248 e. The van der Waals surface area contributed by atoms with Crippen LogP contribution in [-0.4, -0.2) is 41.9 Å². The van der Waals surface area contributed by atoms with E-state index in [1.165, 1.54) is 0 Å². The number of hydrogen-bond acceptors (Lipinski definition) is 6. The lowest BCUT2D eigenvalue weighted by molar-refractivity contribution is -0.115. The van der Waals surface area contributed by atoms with Crippen LogP contribution >= 0.6 is 0 Å². The molecule has 1 aliphatic heterocycles. The molecule has 0 saturated heterocycles. The first-order chi connectivity index (χ1) is 14.4. The number of primary amides is 1. The van der Waals surface area contributed by atoms with Gasteiger partial charge < -0.3 is 20.7 Å². The van der Waals surface area contributed by atoms with Crippen molar-refractivity contribution in [2.24, 2.45) is 5.73 Å². The topological polar surface area (TPSA) is 98.3 Å². The summed E-state index contributed by atoms with van der Waals surface area (Å²) in [5, 5.41) is 7.90. The molecule has 0 radical (unpaired) electrons. The Morgan fingerprint density at radius 2 is 1.87 bits per heavy atom. The summed E-state index contributed by atoms with van der Waals surface area (Å²) in [7, 11) is 5.58. The molecule has 2 heterocycles. The number of rotatable bonds is 5. The van der Waals surface area contributed by atoms with Crippen molar-refractivity contribution in [2.75, 3.05) is 31.4 Å². The van der Waals surface area contributed by atoms with Gasteiger partial charge in [0.05, 0.1) is 12.7 Å². The van der Waals surface area contributed by atoms with Crippen molar-refractivity contribution in [3.8, 4) is 17.1 Å². The van der Waals surface area contributed by atoms with E-state index in [2.05, 4.69) is 10.3 Å². The summed E-state index contributed by atoms with van der Waals surface area (Å²) >= 11 is 0. The van der Waals surface area contributed by atoms with Crippen LogP contribution in [0.15, 0.2) is 59.8 Å². The minimum Gasteiger partial charge on any atom is -0.496 e. The van der Waals surface area contributed by atoms with Crippen LogP contribution < -0.4 is 20.7 Å². The second-order valence-electron chi connectivity index (χ2n) is 7.32. The molecule has 0 aliphatic carbocycles. The summed E-state index contributed by atoms with van der Waals surface area (Å²) in [5.74, 6) is 1.23. The molecule has 3 aromatic rings. The van der Waals surface area contributed by atoms with Crippen LogP contribution in [-0.2, 0) is 4.79 Å². The number of aromatic nitrogens is 3. The number of hydrogen-bond donors (Lipinski definition) is 2. The Balaban J connectivity index is 1.85. The number of methoxy groups -OCH3 is 1. The lowest BCUT2D eigenvalue weighted by Crippen LogP contribution is -2.32. The molecule has 0 bridgehead atoms. The van der Waals surface area contributed by atoms with Crippen molar-refractivity contribution in [3.05, 3.63) is 65.4 Å². The highest BCUT2D eigenvalue weighted by Crippen LogP contribution is 2.39. The molecule has 3 N–H and O–H groups in total. The van der Waals surface area contributed by atoms with Gasteiger partial charge in [-0.05, 0) is 37.3 Å². The van der Waals surface area contributed by atoms with Gasteiger partial charge >= 0.3 is 0 Å². The fourth-order valence-electron chi connectivity index (χ4n) is 3.68. The third-order valence-electron chi connectivity index (χ3n) is 5.19. The molecule has 1 aliphatic rings. The number of nitrogens with one attached hydrogen (secondary N) is 1. The summed E-state index contributed by atoms with van der Waals surface area (Å²) < 4.78 is 7.24. The zero-order chi connectivity index (χ0) is 21.4. The van der Waals surface area contributed by atoms with E-state index in [0.717, 1.165) is 16.8 Å². The van der Waals surface area contributed by atoms with Gasteiger partial charge in [-0.25, -0.2) is 4.68 Å². The molecule has 154 valence electrons. The Labute approximate surface area is 175 Å². The molecule has 1 atom stereocenters. The Hall–Kier alpha value is -3.81. The molecule has 2 aromatic carbocycles. The number of fused-ring (bicyclic) bond motifs is 1. The number of carbonyl (C=O) groups is 1. The summed E-state index contributed by atoms with van der Waals surface area (Å²) in [6, 6.07) is 15.0. The van der Waals surface area contributed by atoms with Crippen LogP contribution in [0.25, 0.3) is 11.4 Å². The van der Waals surface area contributed by atoms with E-state index in [1.807, 2.05) is 74.4 Å². The second kappa shape index (κ2) is 7.55. The van der Waals surface area contributed by atoms with Crippen molar-refractivity contribution >= 4 is 17.5 Å². The molecule has 8 heteroatoms. The zero-order valence-corrected chi connectivity index (χ0v) is 17.4. The molecule has 1 amide bonds. The van der Waals surface area contributed by atoms with Crippen molar-refractivity contribution in [1.29, 1.82) is 0 Å². The molecule has 1 unspecified atom stereocenters. The number of nitrogens with two attached hydrogens (primary N) is 1. The highest BCUT2D eigenvalue weighted by molar-refractivity contribution is 5.95. The van der Waals surface area contributed by atoms with E-state index in [9.17, 15) is 4.79 Å². The number of nitrogens with zero attached hydrogens (tertiary/aromatic N) is 4. The van der Waals surface area contributed by atoms with E-state index in [-0.39, 0.29) is 0 Å². The lowest BCUT2D eigenvalue weighted by atomic mass is 9.94.